The quantitative estimate of drug-likeness (QED) is 0.705. The second-order valence-electron chi connectivity index (χ2n) is 5.07. The Morgan fingerprint density at radius 1 is 1.07 bits per heavy atom. The molecule has 0 N–H and O–H groups in total. The molecule has 1 aromatic heterocycles. The van der Waals surface area contributed by atoms with Crippen molar-refractivity contribution in [3.8, 4) is 0 Å². The van der Waals surface area contributed by atoms with Crippen molar-refractivity contribution in [1.29, 1.82) is 0 Å². The van der Waals surface area contributed by atoms with Gasteiger partial charge in [0.15, 0.2) is 0 Å². The van der Waals surface area contributed by atoms with Crippen molar-refractivity contribution in [2.24, 2.45) is 0 Å². The van der Waals surface area contributed by atoms with E-state index in [2.05, 4.69) is 21.7 Å². The minimum Gasteiger partial charge on any atom is -0.312 e. The lowest BCUT2D eigenvalue weighted by atomic mass is 10.0. The molecule has 1 aromatic rings. The Kier molecular flexibility index (Phi) is 2.26. The van der Waals surface area contributed by atoms with Crippen LogP contribution in [-0.2, 0) is 6.42 Å². The van der Waals surface area contributed by atoms with Crippen molar-refractivity contribution < 1.29 is 0 Å². The van der Waals surface area contributed by atoms with Gasteiger partial charge in [-0.1, -0.05) is 12.8 Å². The molecule has 82 valence electrons. The highest BCUT2D eigenvalue weighted by atomic mass is 15.3. The van der Waals surface area contributed by atoms with E-state index in [9.17, 15) is 0 Å². The zero-order valence-corrected chi connectivity index (χ0v) is 9.45. The molecule has 2 aliphatic rings. The third-order valence-electron chi connectivity index (χ3n) is 3.98. The summed E-state index contributed by atoms with van der Waals surface area (Å²) in [5.41, 5.74) is 0. The normalized spacial score (nSPS) is 26.9. The minimum absolute atomic E-state index is 0.624. The van der Waals surface area contributed by atoms with Crippen molar-refractivity contribution in [2.75, 3.05) is 0 Å². The number of fused-ring (bicyclic) bond motifs is 1. The fraction of sp³-hybridized carbons (Fsp3) is 0.833. The topological polar surface area (TPSA) is 30.7 Å². The van der Waals surface area contributed by atoms with Gasteiger partial charge in [0.2, 0.25) is 0 Å². The molecule has 1 atom stereocenters. The van der Waals surface area contributed by atoms with Gasteiger partial charge in [-0.25, -0.2) is 0 Å². The molecule has 3 heteroatoms. The molecule has 1 fully saturated rings. The standard InChI is InChI=1S/C12H19N3/c1-9-5-4-8-11-13-14-12(15(9)11)10-6-2-3-7-10/h9-10H,2-8H2,1H3. The van der Waals surface area contributed by atoms with Crippen LogP contribution >= 0.6 is 0 Å². The van der Waals surface area contributed by atoms with Gasteiger partial charge in [-0.05, 0) is 32.6 Å². The summed E-state index contributed by atoms with van der Waals surface area (Å²) in [7, 11) is 0. The van der Waals surface area contributed by atoms with Gasteiger partial charge in [-0.15, -0.1) is 10.2 Å². The summed E-state index contributed by atoms with van der Waals surface area (Å²) in [6.07, 6.45) is 9.11. The van der Waals surface area contributed by atoms with E-state index in [1.165, 1.54) is 50.2 Å². The summed E-state index contributed by atoms with van der Waals surface area (Å²) >= 11 is 0. The van der Waals surface area contributed by atoms with E-state index in [4.69, 9.17) is 0 Å². The fourth-order valence-electron chi connectivity index (χ4n) is 3.14. The van der Waals surface area contributed by atoms with Gasteiger partial charge in [0.05, 0.1) is 0 Å². The number of rotatable bonds is 1. The lowest BCUT2D eigenvalue weighted by molar-refractivity contribution is 0.404. The molecule has 0 aromatic carbocycles. The lowest BCUT2D eigenvalue weighted by Crippen LogP contribution is -2.18. The Bertz CT molecular complexity index is 350. The monoisotopic (exact) mass is 205 g/mol. The maximum atomic E-state index is 4.44. The predicted molar refractivity (Wildman–Crippen MR) is 58.9 cm³/mol. The first-order valence-corrected chi connectivity index (χ1v) is 6.30. The third-order valence-corrected chi connectivity index (χ3v) is 3.98. The number of nitrogens with zero attached hydrogens (tertiary/aromatic N) is 3. The minimum atomic E-state index is 0.624. The van der Waals surface area contributed by atoms with Gasteiger partial charge in [0, 0.05) is 18.4 Å². The molecule has 3 rings (SSSR count). The molecule has 0 bridgehead atoms. The SMILES string of the molecule is CC1CCCc2nnc(C3CCCC3)n21. The van der Waals surface area contributed by atoms with E-state index in [0.29, 0.717) is 12.0 Å². The largest absolute Gasteiger partial charge is 0.312 e. The third kappa shape index (κ3) is 1.48. The summed E-state index contributed by atoms with van der Waals surface area (Å²) < 4.78 is 2.43. The molecule has 1 aliphatic heterocycles. The summed E-state index contributed by atoms with van der Waals surface area (Å²) in [5.74, 6) is 3.22. The highest BCUT2D eigenvalue weighted by Gasteiger charge is 2.28. The molecule has 0 saturated heterocycles. The van der Waals surface area contributed by atoms with E-state index in [1.54, 1.807) is 0 Å². The molecule has 1 aliphatic carbocycles. The Hall–Kier alpha value is -0.860. The van der Waals surface area contributed by atoms with Crippen LogP contribution in [0.2, 0.25) is 0 Å². The first kappa shape index (κ1) is 9.37. The van der Waals surface area contributed by atoms with Crippen LogP contribution in [0, 0.1) is 0 Å². The van der Waals surface area contributed by atoms with Crippen molar-refractivity contribution >= 4 is 0 Å². The van der Waals surface area contributed by atoms with E-state index < -0.39 is 0 Å². The van der Waals surface area contributed by atoms with Crippen LogP contribution in [0.4, 0.5) is 0 Å². The van der Waals surface area contributed by atoms with Gasteiger partial charge < -0.3 is 4.57 Å². The number of hydrogen-bond donors (Lipinski definition) is 0. The second kappa shape index (κ2) is 3.62. The van der Waals surface area contributed by atoms with Crippen molar-refractivity contribution in [3.05, 3.63) is 11.6 Å². The first-order valence-electron chi connectivity index (χ1n) is 6.30. The van der Waals surface area contributed by atoms with Crippen LogP contribution in [0.15, 0.2) is 0 Å². The average molecular weight is 205 g/mol. The number of aromatic nitrogens is 3. The van der Waals surface area contributed by atoms with Gasteiger partial charge in [-0.2, -0.15) is 0 Å². The molecule has 1 unspecified atom stereocenters. The molecular weight excluding hydrogens is 186 g/mol. The smallest absolute Gasteiger partial charge is 0.136 e. The first-order chi connectivity index (χ1) is 7.36. The van der Waals surface area contributed by atoms with Crippen LogP contribution in [0.25, 0.3) is 0 Å². The Labute approximate surface area is 90.9 Å². The van der Waals surface area contributed by atoms with E-state index >= 15 is 0 Å². The molecule has 0 spiro atoms. The predicted octanol–water partition coefficient (Wildman–Crippen LogP) is 2.83. The molecule has 3 nitrogen and oxygen atoms in total. The molecule has 0 amide bonds. The zero-order chi connectivity index (χ0) is 10.3. The lowest BCUT2D eigenvalue weighted by Gasteiger charge is -2.24. The van der Waals surface area contributed by atoms with Gasteiger partial charge in [-0.3, -0.25) is 0 Å². The fourth-order valence-corrected chi connectivity index (χ4v) is 3.14. The van der Waals surface area contributed by atoms with E-state index in [-0.39, 0.29) is 0 Å². The van der Waals surface area contributed by atoms with Crippen LogP contribution in [0.1, 0.15) is 69.1 Å². The number of hydrogen-bond acceptors (Lipinski definition) is 2. The zero-order valence-electron chi connectivity index (χ0n) is 9.45. The molecule has 1 saturated carbocycles. The van der Waals surface area contributed by atoms with Crippen molar-refractivity contribution in [1.82, 2.24) is 14.8 Å². The van der Waals surface area contributed by atoms with Crippen LogP contribution < -0.4 is 0 Å². The summed E-state index contributed by atoms with van der Waals surface area (Å²) in [6.45, 7) is 2.31. The summed E-state index contributed by atoms with van der Waals surface area (Å²) in [4.78, 5) is 0. The Morgan fingerprint density at radius 2 is 1.87 bits per heavy atom. The highest BCUT2D eigenvalue weighted by Crippen LogP contribution is 2.36. The van der Waals surface area contributed by atoms with E-state index in [0.717, 1.165) is 6.42 Å². The maximum absolute atomic E-state index is 4.44. The number of aryl methyl sites for hydroxylation is 1. The molecule has 15 heavy (non-hydrogen) atoms. The van der Waals surface area contributed by atoms with Crippen LogP contribution in [0.5, 0.6) is 0 Å². The van der Waals surface area contributed by atoms with E-state index in [1.807, 2.05) is 0 Å². The molecule has 2 heterocycles. The Morgan fingerprint density at radius 3 is 2.67 bits per heavy atom. The van der Waals surface area contributed by atoms with Gasteiger partial charge in [0.1, 0.15) is 11.6 Å². The van der Waals surface area contributed by atoms with Crippen molar-refractivity contribution in [3.63, 3.8) is 0 Å². The van der Waals surface area contributed by atoms with Gasteiger partial charge >= 0.3 is 0 Å². The van der Waals surface area contributed by atoms with Crippen molar-refractivity contribution in [2.45, 2.75) is 63.8 Å². The maximum Gasteiger partial charge on any atom is 0.136 e. The van der Waals surface area contributed by atoms with Gasteiger partial charge in [0.25, 0.3) is 0 Å². The average Bonchev–Trinajstić information content (AvgIpc) is 2.85. The second-order valence-corrected chi connectivity index (χ2v) is 5.07. The van der Waals surface area contributed by atoms with Crippen LogP contribution in [-0.4, -0.2) is 14.8 Å². The summed E-state index contributed by atoms with van der Waals surface area (Å²) in [6, 6.07) is 0.624. The molecule has 0 radical (unpaired) electrons. The highest BCUT2D eigenvalue weighted by molar-refractivity contribution is 5.07. The Balaban J connectivity index is 1.97. The summed E-state index contributed by atoms with van der Waals surface area (Å²) in [5, 5.41) is 8.81. The molecular formula is C12H19N3. The van der Waals surface area contributed by atoms with Crippen LogP contribution in [0.3, 0.4) is 0 Å².